The Balaban J connectivity index is 3.96. The highest BCUT2D eigenvalue weighted by atomic mass is 16.5. The van der Waals surface area contributed by atoms with Crippen LogP contribution in [0.4, 0.5) is 0 Å². The SMILES string of the molecule is COC(=O)CCC(=O)C(C)C(=O)OC. The number of methoxy groups -OCH3 is 2. The third-order valence-electron chi connectivity index (χ3n) is 1.84. The summed E-state index contributed by atoms with van der Waals surface area (Å²) in [5.74, 6) is -2.18. The number of Topliss-reactive ketones (excluding diaryl/α,β-unsaturated/α-hetero) is 1. The molecule has 0 aliphatic rings. The molecule has 0 saturated carbocycles. The van der Waals surface area contributed by atoms with E-state index in [4.69, 9.17) is 0 Å². The standard InChI is InChI=1S/C9H14O5/c1-6(9(12)14-3)7(10)4-5-8(11)13-2/h6H,4-5H2,1-3H3. The molecule has 5 nitrogen and oxygen atoms in total. The predicted molar refractivity (Wildman–Crippen MR) is 47.4 cm³/mol. The zero-order chi connectivity index (χ0) is 11.1. The molecule has 80 valence electrons. The topological polar surface area (TPSA) is 69.7 Å². The van der Waals surface area contributed by atoms with E-state index in [-0.39, 0.29) is 18.6 Å². The van der Waals surface area contributed by atoms with Crippen molar-refractivity contribution in [2.45, 2.75) is 19.8 Å². The maximum Gasteiger partial charge on any atom is 0.315 e. The van der Waals surface area contributed by atoms with Gasteiger partial charge in [0.1, 0.15) is 11.7 Å². The van der Waals surface area contributed by atoms with Crippen molar-refractivity contribution in [3.05, 3.63) is 0 Å². The summed E-state index contributed by atoms with van der Waals surface area (Å²) in [6.07, 6.45) is -0.000389. The molecule has 0 fully saturated rings. The first kappa shape index (κ1) is 12.6. The number of ether oxygens (including phenoxy) is 2. The molecule has 0 bridgehead atoms. The Kier molecular flexibility index (Phi) is 5.52. The fourth-order valence-corrected chi connectivity index (χ4v) is 0.852. The molecule has 0 aromatic carbocycles. The van der Waals surface area contributed by atoms with Crippen LogP contribution in [0.3, 0.4) is 0 Å². The average molecular weight is 202 g/mol. The molecule has 0 rings (SSSR count). The summed E-state index contributed by atoms with van der Waals surface area (Å²) >= 11 is 0. The average Bonchev–Trinajstić information content (AvgIpc) is 2.22. The van der Waals surface area contributed by atoms with E-state index in [9.17, 15) is 14.4 Å². The third-order valence-corrected chi connectivity index (χ3v) is 1.84. The van der Waals surface area contributed by atoms with Crippen LogP contribution in [0.2, 0.25) is 0 Å². The molecule has 0 saturated heterocycles. The van der Waals surface area contributed by atoms with Crippen LogP contribution in [-0.2, 0) is 23.9 Å². The van der Waals surface area contributed by atoms with E-state index >= 15 is 0 Å². The highest BCUT2D eigenvalue weighted by molar-refractivity contribution is 5.99. The van der Waals surface area contributed by atoms with Crippen LogP contribution in [0.5, 0.6) is 0 Å². The molecule has 14 heavy (non-hydrogen) atoms. The van der Waals surface area contributed by atoms with Gasteiger partial charge in [-0.25, -0.2) is 0 Å². The number of carbonyl (C=O) groups is 3. The van der Waals surface area contributed by atoms with E-state index in [1.807, 2.05) is 0 Å². The molecule has 0 aliphatic heterocycles. The van der Waals surface area contributed by atoms with E-state index in [0.717, 1.165) is 0 Å². The molecular weight excluding hydrogens is 188 g/mol. The summed E-state index contributed by atoms with van der Waals surface area (Å²) in [7, 11) is 2.46. The van der Waals surface area contributed by atoms with Gasteiger partial charge in [-0.1, -0.05) is 0 Å². The van der Waals surface area contributed by atoms with Crippen LogP contribution in [0.25, 0.3) is 0 Å². The Bertz CT molecular complexity index is 233. The number of hydrogen-bond donors (Lipinski definition) is 0. The van der Waals surface area contributed by atoms with Gasteiger partial charge in [-0.2, -0.15) is 0 Å². The minimum absolute atomic E-state index is 0.00292. The molecule has 0 spiro atoms. The van der Waals surface area contributed by atoms with Crippen molar-refractivity contribution in [2.75, 3.05) is 14.2 Å². The van der Waals surface area contributed by atoms with Gasteiger partial charge in [0, 0.05) is 6.42 Å². The van der Waals surface area contributed by atoms with E-state index in [2.05, 4.69) is 9.47 Å². The van der Waals surface area contributed by atoms with Crippen molar-refractivity contribution >= 4 is 17.7 Å². The number of hydrogen-bond acceptors (Lipinski definition) is 5. The van der Waals surface area contributed by atoms with Gasteiger partial charge in [-0.15, -0.1) is 0 Å². The van der Waals surface area contributed by atoms with Gasteiger partial charge in [-0.05, 0) is 6.92 Å². The largest absolute Gasteiger partial charge is 0.469 e. The number of esters is 2. The van der Waals surface area contributed by atoms with Gasteiger partial charge >= 0.3 is 11.9 Å². The third kappa shape index (κ3) is 4.02. The van der Waals surface area contributed by atoms with Gasteiger partial charge in [0.25, 0.3) is 0 Å². The summed E-state index contributed by atoms with van der Waals surface area (Å²) in [6, 6.07) is 0. The smallest absolute Gasteiger partial charge is 0.315 e. The second-order valence-corrected chi connectivity index (χ2v) is 2.79. The fourth-order valence-electron chi connectivity index (χ4n) is 0.852. The second-order valence-electron chi connectivity index (χ2n) is 2.79. The molecule has 1 unspecified atom stereocenters. The maximum atomic E-state index is 11.3. The van der Waals surface area contributed by atoms with Gasteiger partial charge < -0.3 is 9.47 Å². The summed E-state index contributed by atoms with van der Waals surface area (Å²) < 4.78 is 8.75. The molecule has 0 N–H and O–H groups in total. The van der Waals surface area contributed by atoms with Crippen molar-refractivity contribution < 1.29 is 23.9 Å². The van der Waals surface area contributed by atoms with Crippen LogP contribution in [0.1, 0.15) is 19.8 Å². The lowest BCUT2D eigenvalue weighted by Crippen LogP contribution is -2.22. The van der Waals surface area contributed by atoms with Crippen LogP contribution in [0, 0.1) is 5.92 Å². The normalized spacial score (nSPS) is 11.6. The zero-order valence-corrected chi connectivity index (χ0v) is 8.53. The van der Waals surface area contributed by atoms with Gasteiger partial charge in [-0.3, -0.25) is 14.4 Å². The number of carbonyl (C=O) groups excluding carboxylic acids is 3. The monoisotopic (exact) mass is 202 g/mol. The Labute approximate surface area is 82.4 Å². The molecule has 0 aliphatic carbocycles. The van der Waals surface area contributed by atoms with E-state index in [1.54, 1.807) is 0 Å². The van der Waals surface area contributed by atoms with E-state index in [0.29, 0.717) is 0 Å². The lowest BCUT2D eigenvalue weighted by atomic mass is 10.0. The predicted octanol–water partition coefficient (Wildman–Crippen LogP) is 0.318. The van der Waals surface area contributed by atoms with Crippen LogP contribution in [-0.4, -0.2) is 31.9 Å². The van der Waals surface area contributed by atoms with E-state index < -0.39 is 17.9 Å². The maximum absolute atomic E-state index is 11.3. The van der Waals surface area contributed by atoms with Gasteiger partial charge in [0.05, 0.1) is 20.6 Å². The van der Waals surface area contributed by atoms with Gasteiger partial charge in [0.15, 0.2) is 0 Å². The summed E-state index contributed by atoms with van der Waals surface area (Å²) in [5.41, 5.74) is 0. The number of rotatable bonds is 5. The fraction of sp³-hybridized carbons (Fsp3) is 0.667. The summed E-state index contributed by atoms with van der Waals surface area (Å²) in [6.45, 7) is 1.45. The highest BCUT2D eigenvalue weighted by Crippen LogP contribution is 2.05. The minimum atomic E-state index is -0.815. The second kappa shape index (κ2) is 6.12. The Morgan fingerprint density at radius 2 is 1.64 bits per heavy atom. The molecule has 0 radical (unpaired) electrons. The Morgan fingerprint density at radius 3 is 2.07 bits per heavy atom. The van der Waals surface area contributed by atoms with Crippen molar-refractivity contribution in [1.29, 1.82) is 0 Å². The zero-order valence-electron chi connectivity index (χ0n) is 8.53. The van der Waals surface area contributed by atoms with Crippen molar-refractivity contribution in [2.24, 2.45) is 5.92 Å². The molecule has 0 aromatic rings. The highest BCUT2D eigenvalue weighted by Gasteiger charge is 2.22. The first-order chi connectivity index (χ1) is 6.52. The van der Waals surface area contributed by atoms with Crippen molar-refractivity contribution in [3.63, 3.8) is 0 Å². The molecule has 0 amide bonds. The molecule has 1 atom stereocenters. The first-order valence-electron chi connectivity index (χ1n) is 4.20. The Hall–Kier alpha value is -1.39. The lowest BCUT2D eigenvalue weighted by molar-refractivity contribution is -0.150. The molecule has 0 aromatic heterocycles. The van der Waals surface area contributed by atoms with Gasteiger partial charge in [0.2, 0.25) is 0 Å². The summed E-state index contributed by atoms with van der Waals surface area (Å²) in [5, 5.41) is 0. The van der Waals surface area contributed by atoms with Crippen LogP contribution < -0.4 is 0 Å². The van der Waals surface area contributed by atoms with Crippen LogP contribution in [0.15, 0.2) is 0 Å². The molecule has 5 heteroatoms. The molecule has 0 heterocycles. The number of ketones is 1. The van der Waals surface area contributed by atoms with E-state index in [1.165, 1.54) is 21.1 Å². The van der Waals surface area contributed by atoms with Crippen molar-refractivity contribution in [3.8, 4) is 0 Å². The van der Waals surface area contributed by atoms with Crippen LogP contribution >= 0.6 is 0 Å². The van der Waals surface area contributed by atoms with Crippen molar-refractivity contribution in [1.82, 2.24) is 0 Å². The quantitative estimate of drug-likeness (QED) is 0.474. The minimum Gasteiger partial charge on any atom is -0.469 e. The summed E-state index contributed by atoms with van der Waals surface area (Å²) in [4.78, 5) is 32.9. The lowest BCUT2D eigenvalue weighted by Gasteiger charge is -2.06. The first-order valence-corrected chi connectivity index (χ1v) is 4.20. The Morgan fingerprint density at radius 1 is 1.07 bits per heavy atom. The molecular formula is C9H14O5.